The molecule has 0 bridgehead atoms. The van der Waals surface area contributed by atoms with E-state index < -0.39 is 0 Å². The van der Waals surface area contributed by atoms with Crippen LogP contribution in [0.15, 0.2) is 42.7 Å². The average Bonchev–Trinajstić information content (AvgIpc) is 2.62. The van der Waals surface area contributed by atoms with Gasteiger partial charge in [0.2, 0.25) is 0 Å². The largest absolute Gasteiger partial charge is 0.493 e. The molecule has 0 aliphatic rings. The second-order valence-electron chi connectivity index (χ2n) is 5.23. The number of nitrogens with one attached hydrogen (secondary N) is 2. The topological polar surface area (TPSA) is 72.5 Å². The van der Waals surface area contributed by atoms with E-state index in [2.05, 4.69) is 15.6 Å². The second kappa shape index (κ2) is 9.39. The number of hydrogen-bond donors (Lipinski definition) is 2. The van der Waals surface area contributed by atoms with Crippen molar-refractivity contribution in [1.29, 1.82) is 0 Å². The molecule has 2 amide bonds. The highest BCUT2D eigenvalue weighted by molar-refractivity contribution is 5.73. The van der Waals surface area contributed by atoms with Crippen LogP contribution in [0.3, 0.4) is 0 Å². The fourth-order valence-electron chi connectivity index (χ4n) is 2.29. The molecule has 2 rings (SSSR count). The molecule has 1 heterocycles. The minimum Gasteiger partial charge on any atom is -0.493 e. The SMILES string of the molecule is COc1ccc(CCNC(=O)NCCc2cccnc2)cc1OC. The number of aromatic nitrogens is 1. The van der Waals surface area contributed by atoms with Crippen LogP contribution in [0, 0.1) is 0 Å². The Morgan fingerprint density at radius 1 is 1.00 bits per heavy atom. The van der Waals surface area contributed by atoms with E-state index in [-0.39, 0.29) is 6.03 Å². The van der Waals surface area contributed by atoms with Crippen molar-refractivity contribution in [2.24, 2.45) is 0 Å². The number of amides is 2. The Bertz CT molecular complexity index is 647. The monoisotopic (exact) mass is 329 g/mol. The zero-order valence-corrected chi connectivity index (χ0v) is 14.0. The Labute approximate surface area is 142 Å². The van der Waals surface area contributed by atoms with Crippen LogP contribution in [0.4, 0.5) is 4.79 Å². The van der Waals surface area contributed by atoms with Gasteiger partial charge in [-0.15, -0.1) is 0 Å². The molecule has 0 spiro atoms. The van der Waals surface area contributed by atoms with Crippen molar-refractivity contribution in [3.8, 4) is 11.5 Å². The molecule has 0 saturated heterocycles. The van der Waals surface area contributed by atoms with Gasteiger partial charge in [-0.25, -0.2) is 4.79 Å². The number of rotatable bonds is 8. The van der Waals surface area contributed by atoms with Crippen LogP contribution in [0.2, 0.25) is 0 Å². The zero-order valence-electron chi connectivity index (χ0n) is 14.0. The van der Waals surface area contributed by atoms with Crippen molar-refractivity contribution in [3.05, 3.63) is 53.9 Å². The number of benzene rings is 1. The first-order valence-corrected chi connectivity index (χ1v) is 7.84. The maximum Gasteiger partial charge on any atom is 0.314 e. The fraction of sp³-hybridized carbons (Fsp3) is 0.333. The Kier molecular flexibility index (Phi) is 6.89. The standard InChI is InChI=1S/C18H23N3O3/c1-23-16-6-5-14(12-17(16)24-2)7-10-20-18(22)21-11-8-15-4-3-9-19-13-15/h3-6,9,12-13H,7-8,10-11H2,1-2H3,(H2,20,21,22). The van der Waals surface area contributed by atoms with Gasteiger partial charge >= 0.3 is 6.03 Å². The van der Waals surface area contributed by atoms with Crippen molar-refractivity contribution >= 4 is 6.03 Å². The van der Waals surface area contributed by atoms with Crippen molar-refractivity contribution in [3.63, 3.8) is 0 Å². The number of methoxy groups -OCH3 is 2. The first-order chi connectivity index (χ1) is 11.7. The quantitative estimate of drug-likeness (QED) is 0.779. The summed E-state index contributed by atoms with van der Waals surface area (Å²) in [5, 5.41) is 5.68. The van der Waals surface area contributed by atoms with Gasteiger partial charge in [0.25, 0.3) is 0 Å². The summed E-state index contributed by atoms with van der Waals surface area (Å²) < 4.78 is 10.5. The van der Waals surface area contributed by atoms with Crippen LogP contribution in [0.25, 0.3) is 0 Å². The third kappa shape index (κ3) is 5.46. The number of carbonyl (C=O) groups excluding carboxylic acids is 1. The molecule has 1 aromatic carbocycles. The van der Waals surface area contributed by atoms with E-state index in [4.69, 9.17) is 9.47 Å². The molecular weight excluding hydrogens is 306 g/mol. The third-order valence-electron chi connectivity index (χ3n) is 3.57. The van der Waals surface area contributed by atoms with Crippen LogP contribution >= 0.6 is 0 Å². The van der Waals surface area contributed by atoms with Crippen LogP contribution in [-0.4, -0.2) is 38.3 Å². The Morgan fingerprint density at radius 3 is 2.33 bits per heavy atom. The van der Waals surface area contributed by atoms with E-state index in [1.807, 2.05) is 30.3 Å². The predicted octanol–water partition coefficient (Wildman–Crippen LogP) is 2.18. The summed E-state index contributed by atoms with van der Waals surface area (Å²) in [5.41, 5.74) is 2.17. The molecule has 24 heavy (non-hydrogen) atoms. The minimum atomic E-state index is -0.167. The summed E-state index contributed by atoms with van der Waals surface area (Å²) in [6, 6.07) is 9.45. The number of urea groups is 1. The van der Waals surface area contributed by atoms with Gasteiger partial charge in [-0.2, -0.15) is 0 Å². The summed E-state index contributed by atoms with van der Waals surface area (Å²) in [7, 11) is 3.21. The molecule has 0 aliphatic carbocycles. The van der Waals surface area contributed by atoms with E-state index in [0.717, 1.165) is 24.0 Å². The molecule has 0 fully saturated rings. The lowest BCUT2D eigenvalue weighted by Gasteiger charge is -2.10. The molecule has 0 atom stereocenters. The summed E-state index contributed by atoms with van der Waals surface area (Å²) in [5.74, 6) is 1.39. The lowest BCUT2D eigenvalue weighted by molar-refractivity contribution is 0.241. The van der Waals surface area contributed by atoms with Crippen molar-refractivity contribution in [2.75, 3.05) is 27.3 Å². The minimum absolute atomic E-state index is 0.167. The van der Waals surface area contributed by atoms with E-state index in [1.165, 1.54) is 0 Å². The van der Waals surface area contributed by atoms with Gasteiger partial charge in [-0.3, -0.25) is 4.98 Å². The van der Waals surface area contributed by atoms with Gasteiger partial charge in [-0.1, -0.05) is 12.1 Å². The normalized spacial score (nSPS) is 10.1. The Morgan fingerprint density at radius 2 is 1.71 bits per heavy atom. The number of carbonyl (C=O) groups is 1. The van der Waals surface area contributed by atoms with Gasteiger partial charge in [0.1, 0.15) is 0 Å². The molecule has 0 aliphatic heterocycles. The van der Waals surface area contributed by atoms with Gasteiger partial charge in [0.15, 0.2) is 11.5 Å². The van der Waals surface area contributed by atoms with Crippen LogP contribution in [-0.2, 0) is 12.8 Å². The van der Waals surface area contributed by atoms with Crippen molar-refractivity contribution in [2.45, 2.75) is 12.8 Å². The maximum absolute atomic E-state index is 11.8. The summed E-state index contributed by atoms with van der Waals surface area (Å²) >= 11 is 0. The molecule has 0 saturated carbocycles. The second-order valence-corrected chi connectivity index (χ2v) is 5.23. The summed E-state index contributed by atoms with van der Waals surface area (Å²) in [6.45, 7) is 1.13. The van der Waals surface area contributed by atoms with Gasteiger partial charge in [-0.05, 0) is 42.2 Å². The van der Waals surface area contributed by atoms with E-state index >= 15 is 0 Å². The molecule has 2 N–H and O–H groups in total. The highest BCUT2D eigenvalue weighted by Crippen LogP contribution is 2.27. The lowest BCUT2D eigenvalue weighted by Crippen LogP contribution is -2.37. The molecule has 1 aromatic heterocycles. The lowest BCUT2D eigenvalue weighted by atomic mass is 10.1. The average molecular weight is 329 g/mol. The van der Waals surface area contributed by atoms with E-state index in [9.17, 15) is 4.79 Å². The number of hydrogen-bond acceptors (Lipinski definition) is 4. The number of nitrogens with zero attached hydrogens (tertiary/aromatic N) is 1. The first-order valence-electron chi connectivity index (χ1n) is 7.84. The molecule has 0 unspecified atom stereocenters. The summed E-state index contributed by atoms with van der Waals surface area (Å²) in [4.78, 5) is 15.8. The van der Waals surface area contributed by atoms with Crippen LogP contribution in [0.5, 0.6) is 11.5 Å². The van der Waals surface area contributed by atoms with E-state index in [1.54, 1.807) is 26.6 Å². The molecule has 128 valence electrons. The predicted molar refractivity (Wildman–Crippen MR) is 92.6 cm³/mol. The van der Waals surface area contributed by atoms with Crippen LogP contribution < -0.4 is 20.1 Å². The maximum atomic E-state index is 11.8. The fourth-order valence-corrected chi connectivity index (χ4v) is 2.29. The Balaban J connectivity index is 1.69. The molecule has 0 radical (unpaired) electrons. The number of ether oxygens (including phenoxy) is 2. The van der Waals surface area contributed by atoms with Crippen molar-refractivity contribution < 1.29 is 14.3 Å². The van der Waals surface area contributed by atoms with E-state index in [0.29, 0.717) is 24.6 Å². The third-order valence-corrected chi connectivity index (χ3v) is 3.57. The molecule has 6 nitrogen and oxygen atoms in total. The van der Waals surface area contributed by atoms with Gasteiger partial charge < -0.3 is 20.1 Å². The first kappa shape index (κ1) is 17.6. The summed E-state index contributed by atoms with van der Waals surface area (Å²) in [6.07, 6.45) is 5.02. The number of pyridine rings is 1. The van der Waals surface area contributed by atoms with Crippen LogP contribution in [0.1, 0.15) is 11.1 Å². The van der Waals surface area contributed by atoms with Crippen molar-refractivity contribution in [1.82, 2.24) is 15.6 Å². The molecule has 6 heteroatoms. The highest BCUT2D eigenvalue weighted by Gasteiger charge is 2.05. The zero-order chi connectivity index (χ0) is 17.2. The van der Waals surface area contributed by atoms with Gasteiger partial charge in [0.05, 0.1) is 14.2 Å². The smallest absolute Gasteiger partial charge is 0.314 e. The molecule has 2 aromatic rings. The Hall–Kier alpha value is -2.76. The highest BCUT2D eigenvalue weighted by atomic mass is 16.5. The molecular formula is C18H23N3O3. The van der Waals surface area contributed by atoms with Gasteiger partial charge in [0, 0.05) is 25.5 Å².